The molecule has 3 atom stereocenters. The van der Waals surface area contributed by atoms with Crippen LogP contribution in [0.3, 0.4) is 0 Å². The van der Waals surface area contributed by atoms with Crippen molar-refractivity contribution in [3.8, 4) is 5.75 Å². The van der Waals surface area contributed by atoms with E-state index >= 15 is 0 Å². The van der Waals surface area contributed by atoms with Gasteiger partial charge in [0.05, 0.1) is 0 Å². The van der Waals surface area contributed by atoms with Crippen molar-refractivity contribution >= 4 is 22.0 Å². The number of ether oxygens (including phenoxy) is 2. The largest absolute Gasteiger partial charge is 0.490 e. The molecule has 3 rings (SSSR count). The van der Waals surface area contributed by atoms with Crippen LogP contribution in [0.15, 0.2) is 22.7 Å². The number of amides is 1. The van der Waals surface area contributed by atoms with Crippen molar-refractivity contribution in [3.63, 3.8) is 0 Å². The van der Waals surface area contributed by atoms with Crippen LogP contribution in [0.25, 0.3) is 0 Å². The summed E-state index contributed by atoms with van der Waals surface area (Å²) in [5.41, 5.74) is -0.488. The number of carbonyl (C=O) groups is 1. The number of hydrogen-bond donors (Lipinski definition) is 0. The number of fused-ring (bicyclic) bond motifs is 2. The molecule has 2 heterocycles. The Bertz CT molecular complexity index is 597. The van der Waals surface area contributed by atoms with Crippen molar-refractivity contribution in [2.75, 3.05) is 0 Å². The van der Waals surface area contributed by atoms with Crippen LogP contribution in [0.5, 0.6) is 5.75 Å². The van der Waals surface area contributed by atoms with Gasteiger partial charge in [0.1, 0.15) is 23.3 Å². The molecule has 2 bridgehead atoms. The molecule has 1 amide bonds. The zero-order chi connectivity index (χ0) is 17.5. The zero-order valence-corrected chi connectivity index (χ0v) is 15.8. The number of halogens is 2. The average molecular weight is 400 g/mol. The summed E-state index contributed by atoms with van der Waals surface area (Å²) in [6, 6.07) is 4.85. The van der Waals surface area contributed by atoms with Gasteiger partial charge in [0.2, 0.25) is 0 Å². The van der Waals surface area contributed by atoms with Gasteiger partial charge in [-0.2, -0.15) is 0 Å². The van der Waals surface area contributed by atoms with Crippen LogP contribution in [-0.2, 0) is 4.74 Å². The summed E-state index contributed by atoms with van der Waals surface area (Å²) < 4.78 is 25.7. The van der Waals surface area contributed by atoms with Gasteiger partial charge < -0.3 is 14.4 Å². The van der Waals surface area contributed by atoms with Crippen LogP contribution in [-0.4, -0.2) is 34.8 Å². The van der Waals surface area contributed by atoms with Crippen molar-refractivity contribution in [1.29, 1.82) is 0 Å². The number of rotatable bonds is 2. The Balaban J connectivity index is 1.65. The number of carbonyl (C=O) groups excluding carboxylic acids is 1. The highest BCUT2D eigenvalue weighted by molar-refractivity contribution is 9.10. The van der Waals surface area contributed by atoms with E-state index in [0.717, 1.165) is 25.7 Å². The molecule has 0 radical (unpaired) electrons. The Morgan fingerprint density at radius 2 is 1.83 bits per heavy atom. The second-order valence-corrected chi connectivity index (χ2v) is 8.50. The molecular formula is C18H23BrFNO3. The van der Waals surface area contributed by atoms with E-state index in [0.29, 0.717) is 10.2 Å². The van der Waals surface area contributed by atoms with Gasteiger partial charge in [-0.25, -0.2) is 9.18 Å². The van der Waals surface area contributed by atoms with Crippen LogP contribution in [0.4, 0.5) is 9.18 Å². The van der Waals surface area contributed by atoms with Gasteiger partial charge in [0.25, 0.3) is 0 Å². The summed E-state index contributed by atoms with van der Waals surface area (Å²) in [7, 11) is 0. The minimum Gasteiger partial charge on any atom is -0.490 e. The summed E-state index contributed by atoms with van der Waals surface area (Å²) in [6.45, 7) is 5.64. The van der Waals surface area contributed by atoms with Gasteiger partial charge in [-0.1, -0.05) is 15.9 Å². The minimum absolute atomic E-state index is 0.00473. The smallest absolute Gasteiger partial charge is 0.410 e. The highest BCUT2D eigenvalue weighted by atomic mass is 79.9. The average Bonchev–Trinajstić information content (AvgIpc) is 2.68. The molecule has 0 aromatic heterocycles. The first-order valence-electron chi connectivity index (χ1n) is 8.35. The van der Waals surface area contributed by atoms with E-state index in [-0.39, 0.29) is 30.1 Å². The molecule has 0 spiro atoms. The lowest BCUT2D eigenvalue weighted by molar-refractivity contribution is -0.00709. The molecule has 132 valence electrons. The van der Waals surface area contributed by atoms with Crippen LogP contribution in [0.2, 0.25) is 0 Å². The fourth-order valence-corrected chi connectivity index (χ4v) is 4.07. The van der Waals surface area contributed by atoms with Crippen molar-refractivity contribution < 1.29 is 18.7 Å². The molecule has 4 nitrogen and oxygen atoms in total. The van der Waals surface area contributed by atoms with Crippen LogP contribution < -0.4 is 4.74 Å². The molecule has 1 aromatic rings. The van der Waals surface area contributed by atoms with Crippen molar-refractivity contribution in [1.82, 2.24) is 4.90 Å². The quantitative estimate of drug-likeness (QED) is 0.709. The van der Waals surface area contributed by atoms with E-state index in [4.69, 9.17) is 9.47 Å². The SMILES string of the molecule is CC(C)(C)OC(=O)N1[C@@H]2CC[C@H]1C[C@@H](Oc1cc(F)cc(Br)c1)C2. The van der Waals surface area contributed by atoms with E-state index in [1.54, 1.807) is 6.07 Å². The maximum absolute atomic E-state index is 13.5. The lowest BCUT2D eigenvalue weighted by atomic mass is 10.00. The molecule has 1 aromatic carbocycles. The van der Waals surface area contributed by atoms with E-state index < -0.39 is 5.60 Å². The number of benzene rings is 1. The summed E-state index contributed by atoms with van der Waals surface area (Å²) in [5, 5.41) is 0. The molecule has 0 aliphatic carbocycles. The zero-order valence-electron chi connectivity index (χ0n) is 14.2. The Morgan fingerprint density at radius 3 is 2.38 bits per heavy atom. The topological polar surface area (TPSA) is 38.8 Å². The van der Waals surface area contributed by atoms with Gasteiger partial charge in [-0.15, -0.1) is 0 Å². The Labute approximate surface area is 150 Å². The molecule has 6 heteroatoms. The monoisotopic (exact) mass is 399 g/mol. The predicted molar refractivity (Wildman–Crippen MR) is 92.6 cm³/mol. The maximum atomic E-state index is 13.5. The third kappa shape index (κ3) is 4.02. The van der Waals surface area contributed by atoms with E-state index in [1.165, 1.54) is 12.1 Å². The molecule has 24 heavy (non-hydrogen) atoms. The molecule has 2 aliphatic rings. The first-order chi connectivity index (χ1) is 11.2. The highest BCUT2D eigenvalue weighted by Crippen LogP contribution is 2.38. The van der Waals surface area contributed by atoms with E-state index in [9.17, 15) is 9.18 Å². The maximum Gasteiger partial charge on any atom is 0.410 e. The second kappa shape index (κ2) is 6.54. The molecule has 0 N–H and O–H groups in total. The number of nitrogens with zero attached hydrogens (tertiary/aromatic N) is 1. The molecule has 2 aliphatic heterocycles. The lowest BCUT2D eigenvalue weighted by Crippen LogP contribution is -2.50. The molecule has 2 saturated heterocycles. The third-order valence-electron chi connectivity index (χ3n) is 4.43. The summed E-state index contributed by atoms with van der Waals surface area (Å²) in [4.78, 5) is 14.3. The Hall–Kier alpha value is -1.30. The number of hydrogen-bond acceptors (Lipinski definition) is 3. The summed E-state index contributed by atoms with van der Waals surface area (Å²) in [6.07, 6.45) is 3.21. The predicted octanol–water partition coefficient (Wildman–Crippen LogP) is 4.90. The van der Waals surface area contributed by atoms with Gasteiger partial charge >= 0.3 is 6.09 Å². The van der Waals surface area contributed by atoms with Crippen molar-refractivity contribution in [2.24, 2.45) is 0 Å². The minimum atomic E-state index is -0.488. The van der Waals surface area contributed by atoms with Gasteiger partial charge in [-0.05, 0) is 45.7 Å². The first-order valence-corrected chi connectivity index (χ1v) is 9.14. The fourth-order valence-electron chi connectivity index (χ4n) is 3.63. The fraction of sp³-hybridized carbons (Fsp3) is 0.611. The standard InChI is InChI=1S/C18H23BrFNO3/c1-18(2,3)24-17(22)21-13-4-5-14(21)10-16(9-13)23-15-7-11(19)6-12(20)8-15/h6-8,13-14,16H,4-5,9-10H2,1-3H3/t13-,14+,16+. The van der Waals surface area contributed by atoms with Gasteiger partial charge in [0, 0.05) is 35.5 Å². The van der Waals surface area contributed by atoms with E-state index in [1.807, 2.05) is 25.7 Å². The van der Waals surface area contributed by atoms with Crippen LogP contribution >= 0.6 is 15.9 Å². The molecular weight excluding hydrogens is 377 g/mol. The first kappa shape index (κ1) is 17.5. The van der Waals surface area contributed by atoms with Crippen LogP contribution in [0, 0.1) is 5.82 Å². The highest BCUT2D eigenvalue weighted by Gasteiger charge is 2.45. The van der Waals surface area contributed by atoms with E-state index in [2.05, 4.69) is 15.9 Å². The van der Waals surface area contributed by atoms with Crippen LogP contribution in [0.1, 0.15) is 46.5 Å². The summed E-state index contributed by atoms with van der Waals surface area (Å²) >= 11 is 3.28. The third-order valence-corrected chi connectivity index (χ3v) is 4.89. The lowest BCUT2D eigenvalue weighted by Gasteiger charge is -2.39. The van der Waals surface area contributed by atoms with Gasteiger partial charge in [0.15, 0.2) is 0 Å². The van der Waals surface area contributed by atoms with Gasteiger partial charge in [-0.3, -0.25) is 0 Å². The van der Waals surface area contributed by atoms with Crippen molar-refractivity contribution in [3.05, 3.63) is 28.5 Å². The molecule has 0 unspecified atom stereocenters. The molecule has 2 fully saturated rings. The number of piperidine rings is 1. The van der Waals surface area contributed by atoms with Crippen molar-refractivity contribution in [2.45, 2.75) is 70.2 Å². The normalized spacial score (nSPS) is 26.4. The Morgan fingerprint density at radius 1 is 1.21 bits per heavy atom. The molecule has 0 saturated carbocycles. The Kier molecular flexibility index (Phi) is 4.78. The second-order valence-electron chi connectivity index (χ2n) is 7.59. The summed E-state index contributed by atoms with van der Waals surface area (Å²) in [5.74, 6) is 0.200.